The SMILES string of the molecule is CCCc1ccccc1Cc1ccccc1-c1ccccc1. The summed E-state index contributed by atoms with van der Waals surface area (Å²) in [6.45, 7) is 2.24. The van der Waals surface area contributed by atoms with Gasteiger partial charge < -0.3 is 0 Å². The molecule has 3 aromatic rings. The zero-order valence-electron chi connectivity index (χ0n) is 13.1. The Morgan fingerprint density at radius 3 is 1.91 bits per heavy atom. The van der Waals surface area contributed by atoms with E-state index in [1.165, 1.54) is 34.2 Å². The second-order valence-electron chi connectivity index (χ2n) is 5.72. The Morgan fingerprint density at radius 2 is 1.18 bits per heavy atom. The highest BCUT2D eigenvalue weighted by atomic mass is 14.1. The van der Waals surface area contributed by atoms with Gasteiger partial charge in [-0.15, -0.1) is 0 Å². The number of hydrogen-bond acceptors (Lipinski definition) is 0. The highest BCUT2D eigenvalue weighted by Crippen LogP contribution is 2.26. The fraction of sp³-hybridized carbons (Fsp3) is 0.182. The molecule has 0 fully saturated rings. The van der Waals surface area contributed by atoms with Gasteiger partial charge >= 0.3 is 0 Å². The van der Waals surface area contributed by atoms with Crippen LogP contribution in [-0.4, -0.2) is 0 Å². The van der Waals surface area contributed by atoms with Crippen LogP contribution < -0.4 is 0 Å². The van der Waals surface area contributed by atoms with Crippen molar-refractivity contribution in [2.24, 2.45) is 0 Å². The standard InChI is InChI=1S/C22H22/c1-2-10-18-11-6-7-14-20(18)17-21-15-8-9-16-22(21)19-12-4-3-5-13-19/h3-9,11-16H,2,10,17H2,1H3. The van der Waals surface area contributed by atoms with Crippen LogP contribution in [0.4, 0.5) is 0 Å². The summed E-state index contributed by atoms with van der Waals surface area (Å²) >= 11 is 0. The summed E-state index contributed by atoms with van der Waals surface area (Å²) in [6.07, 6.45) is 3.35. The van der Waals surface area contributed by atoms with Crippen molar-refractivity contribution in [3.05, 3.63) is 95.6 Å². The van der Waals surface area contributed by atoms with E-state index in [2.05, 4.69) is 85.8 Å². The van der Waals surface area contributed by atoms with Crippen molar-refractivity contribution in [3.63, 3.8) is 0 Å². The molecule has 0 heterocycles. The van der Waals surface area contributed by atoms with Gasteiger partial charge in [-0.25, -0.2) is 0 Å². The van der Waals surface area contributed by atoms with Gasteiger partial charge in [0.05, 0.1) is 0 Å². The van der Waals surface area contributed by atoms with Crippen LogP contribution in [0.1, 0.15) is 30.0 Å². The maximum absolute atomic E-state index is 2.27. The lowest BCUT2D eigenvalue weighted by Gasteiger charge is -2.13. The Labute approximate surface area is 133 Å². The zero-order chi connectivity index (χ0) is 15.2. The third-order valence-electron chi connectivity index (χ3n) is 4.12. The van der Waals surface area contributed by atoms with Gasteiger partial charge in [-0.05, 0) is 40.7 Å². The van der Waals surface area contributed by atoms with Gasteiger partial charge in [-0.2, -0.15) is 0 Å². The van der Waals surface area contributed by atoms with E-state index in [0.29, 0.717) is 0 Å². The van der Waals surface area contributed by atoms with Gasteiger partial charge in [0.1, 0.15) is 0 Å². The molecule has 3 rings (SSSR count). The molecule has 0 spiro atoms. The van der Waals surface area contributed by atoms with E-state index in [0.717, 1.165) is 12.8 Å². The van der Waals surface area contributed by atoms with Crippen molar-refractivity contribution < 1.29 is 0 Å². The second kappa shape index (κ2) is 7.09. The molecule has 0 amide bonds. The van der Waals surface area contributed by atoms with Crippen LogP contribution >= 0.6 is 0 Å². The van der Waals surface area contributed by atoms with Crippen LogP contribution in [0, 0.1) is 0 Å². The Morgan fingerprint density at radius 1 is 0.591 bits per heavy atom. The van der Waals surface area contributed by atoms with Crippen LogP contribution in [0.3, 0.4) is 0 Å². The Bertz CT molecular complexity index is 726. The Kier molecular flexibility index (Phi) is 4.70. The predicted octanol–water partition coefficient (Wildman–Crippen LogP) is 5.90. The third kappa shape index (κ3) is 3.28. The molecule has 22 heavy (non-hydrogen) atoms. The average Bonchev–Trinajstić information content (AvgIpc) is 2.58. The van der Waals surface area contributed by atoms with Crippen LogP contribution in [-0.2, 0) is 12.8 Å². The number of rotatable bonds is 5. The largest absolute Gasteiger partial charge is 0.0651 e. The van der Waals surface area contributed by atoms with E-state index in [1.54, 1.807) is 0 Å². The normalized spacial score (nSPS) is 10.6. The molecule has 0 N–H and O–H groups in total. The lowest BCUT2D eigenvalue weighted by molar-refractivity contribution is 0.904. The first kappa shape index (κ1) is 14.6. The first-order valence-corrected chi connectivity index (χ1v) is 8.08. The molecule has 0 bridgehead atoms. The fourth-order valence-corrected chi connectivity index (χ4v) is 3.02. The van der Waals surface area contributed by atoms with Crippen LogP contribution in [0.2, 0.25) is 0 Å². The number of aryl methyl sites for hydroxylation is 1. The molecule has 0 saturated heterocycles. The smallest absolute Gasteiger partial charge is 0.00169 e. The van der Waals surface area contributed by atoms with Crippen molar-refractivity contribution in [2.75, 3.05) is 0 Å². The van der Waals surface area contributed by atoms with Crippen molar-refractivity contribution in [1.29, 1.82) is 0 Å². The van der Waals surface area contributed by atoms with Gasteiger partial charge in [-0.3, -0.25) is 0 Å². The van der Waals surface area contributed by atoms with Crippen LogP contribution in [0.5, 0.6) is 0 Å². The minimum Gasteiger partial charge on any atom is -0.0651 e. The van der Waals surface area contributed by atoms with Crippen LogP contribution in [0.15, 0.2) is 78.9 Å². The Hall–Kier alpha value is -2.34. The maximum Gasteiger partial charge on any atom is -0.00169 e. The highest BCUT2D eigenvalue weighted by Gasteiger charge is 2.07. The summed E-state index contributed by atoms with van der Waals surface area (Å²) in [6, 6.07) is 28.3. The summed E-state index contributed by atoms with van der Waals surface area (Å²) in [5.41, 5.74) is 6.97. The second-order valence-corrected chi connectivity index (χ2v) is 5.72. The van der Waals surface area contributed by atoms with Crippen molar-refractivity contribution in [2.45, 2.75) is 26.2 Å². The topological polar surface area (TPSA) is 0 Å². The first-order chi connectivity index (χ1) is 10.9. The molecule has 0 nitrogen and oxygen atoms in total. The van der Waals surface area contributed by atoms with Crippen molar-refractivity contribution >= 4 is 0 Å². The molecule has 3 aromatic carbocycles. The Balaban J connectivity index is 1.97. The van der Waals surface area contributed by atoms with Crippen molar-refractivity contribution in [3.8, 4) is 11.1 Å². The van der Waals surface area contributed by atoms with Gasteiger partial charge in [0.2, 0.25) is 0 Å². The van der Waals surface area contributed by atoms with Crippen molar-refractivity contribution in [1.82, 2.24) is 0 Å². The van der Waals surface area contributed by atoms with E-state index < -0.39 is 0 Å². The molecule has 0 unspecified atom stereocenters. The lowest BCUT2D eigenvalue weighted by Crippen LogP contribution is -1.97. The molecule has 0 aliphatic heterocycles. The van der Waals surface area contributed by atoms with E-state index >= 15 is 0 Å². The summed E-state index contributed by atoms with van der Waals surface area (Å²) in [5.74, 6) is 0. The van der Waals surface area contributed by atoms with Crippen LogP contribution in [0.25, 0.3) is 11.1 Å². The molecular weight excluding hydrogens is 264 g/mol. The van der Waals surface area contributed by atoms with Gasteiger partial charge in [0, 0.05) is 0 Å². The molecule has 0 heteroatoms. The van der Waals surface area contributed by atoms with Gasteiger partial charge in [0.25, 0.3) is 0 Å². The average molecular weight is 286 g/mol. The zero-order valence-corrected chi connectivity index (χ0v) is 13.1. The quantitative estimate of drug-likeness (QED) is 0.548. The number of hydrogen-bond donors (Lipinski definition) is 0. The molecule has 0 aromatic heterocycles. The van der Waals surface area contributed by atoms with Gasteiger partial charge in [-0.1, -0.05) is 92.2 Å². The minimum atomic E-state index is 1.00. The molecule has 0 atom stereocenters. The predicted molar refractivity (Wildman–Crippen MR) is 95.1 cm³/mol. The molecule has 0 radical (unpaired) electrons. The van der Waals surface area contributed by atoms with E-state index in [-0.39, 0.29) is 0 Å². The summed E-state index contributed by atoms with van der Waals surface area (Å²) in [7, 11) is 0. The van der Waals surface area contributed by atoms with E-state index in [4.69, 9.17) is 0 Å². The molecular formula is C22H22. The molecule has 0 aliphatic rings. The molecule has 0 aliphatic carbocycles. The monoisotopic (exact) mass is 286 g/mol. The first-order valence-electron chi connectivity index (χ1n) is 8.08. The summed E-state index contributed by atoms with van der Waals surface area (Å²) in [5, 5.41) is 0. The molecule has 0 saturated carbocycles. The van der Waals surface area contributed by atoms with Gasteiger partial charge in [0.15, 0.2) is 0 Å². The lowest BCUT2D eigenvalue weighted by atomic mass is 9.92. The third-order valence-corrected chi connectivity index (χ3v) is 4.12. The number of benzene rings is 3. The molecule has 110 valence electrons. The maximum atomic E-state index is 2.27. The van der Waals surface area contributed by atoms with E-state index in [1.807, 2.05) is 0 Å². The fourth-order valence-electron chi connectivity index (χ4n) is 3.02. The summed E-state index contributed by atoms with van der Waals surface area (Å²) in [4.78, 5) is 0. The van der Waals surface area contributed by atoms with E-state index in [9.17, 15) is 0 Å². The highest BCUT2D eigenvalue weighted by molar-refractivity contribution is 5.67. The minimum absolute atomic E-state index is 1.00. The summed E-state index contributed by atoms with van der Waals surface area (Å²) < 4.78 is 0.